The first-order chi connectivity index (χ1) is 20.3. The average molecular weight is 587 g/mol. The number of ether oxygens (including phenoxy) is 1. The molecule has 7 nitrogen and oxygen atoms in total. The summed E-state index contributed by atoms with van der Waals surface area (Å²) in [6.07, 6.45) is 8.83. The Hall–Kier alpha value is -2.93. The summed E-state index contributed by atoms with van der Waals surface area (Å²) < 4.78 is 21.6. The van der Waals surface area contributed by atoms with Crippen molar-refractivity contribution in [1.82, 2.24) is 24.8 Å². The first kappa shape index (κ1) is 27.9. The molecule has 1 aliphatic carbocycles. The lowest BCUT2D eigenvalue weighted by Gasteiger charge is -2.47. The molecule has 1 N–H and O–H groups in total. The lowest BCUT2D eigenvalue weighted by atomic mass is 9.75. The van der Waals surface area contributed by atoms with Crippen LogP contribution in [0.25, 0.3) is 32.9 Å². The van der Waals surface area contributed by atoms with Crippen LogP contribution in [0, 0.1) is 12.7 Å². The number of nitrogens with one attached hydrogen (secondary N) is 1. The van der Waals surface area contributed by atoms with Gasteiger partial charge in [0.25, 0.3) is 0 Å². The molecule has 4 heterocycles. The smallest absolute Gasteiger partial charge is 0.319 e. The summed E-state index contributed by atoms with van der Waals surface area (Å²) in [5.74, 6) is 0.489. The Morgan fingerprint density at radius 2 is 1.93 bits per heavy atom. The van der Waals surface area contributed by atoms with Crippen molar-refractivity contribution in [1.29, 1.82) is 0 Å². The lowest BCUT2D eigenvalue weighted by Crippen LogP contribution is -2.54. The summed E-state index contributed by atoms with van der Waals surface area (Å²) in [7, 11) is 7.32. The highest BCUT2D eigenvalue weighted by atomic mass is 31.0. The molecular weight excluding hydrogens is 546 g/mol. The van der Waals surface area contributed by atoms with E-state index < -0.39 is 0 Å². The van der Waals surface area contributed by atoms with E-state index in [0.29, 0.717) is 23.7 Å². The van der Waals surface area contributed by atoms with Crippen LogP contribution in [0.1, 0.15) is 44.1 Å². The fourth-order valence-electron chi connectivity index (χ4n) is 7.54. The van der Waals surface area contributed by atoms with Gasteiger partial charge in [0.1, 0.15) is 18.2 Å². The van der Waals surface area contributed by atoms with Gasteiger partial charge < -0.3 is 15.0 Å². The molecule has 2 aromatic heterocycles. The van der Waals surface area contributed by atoms with Crippen molar-refractivity contribution in [2.45, 2.75) is 62.2 Å². The van der Waals surface area contributed by atoms with Gasteiger partial charge in [0.15, 0.2) is 0 Å². The molecular formula is C33H40FN6OP. The molecule has 0 spiro atoms. The van der Waals surface area contributed by atoms with Gasteiger partial charge in [0.05, 0.1) is 22.1 Å². The maximum absolute atomic E-state index is 15.1. The quantitative estimate of drug-likeness (QED) is 0.252. The first-order valence-electron chi connectivity index (χ1n) is 15.2. The molecule has 1 unspecified atom stereocenters. The molecule has 0 bridgehead atoms. The molecule has 3 atom stereocenters. The number of benzene rings is 2. The Labute approximate surface area is 249 Å². The van der Waals surface area contributed by atoms with Gasteiger partial charge in [0, 0.05) is 41.3 Å². The number of rotatable bonds is 8. The summed E-state index contributed by atoms with van der Waals surface area (Å²) >= 11 is 0. The van der Waals surface area contributed by atoms with Gasteiger partial charge >= 0.3 is 6.01 Å². The van der Waals surface area contributed by atoms with Crippen molar-refractivity contribution in [3.8, 4) is 17.3 Å². The van der Waals surface area contributed by atoms with Crippen LogP contribution in [0.15, 0.2) is 42.6 Å². The predicted molar refractivity (Wildman–Crippen MR) is 171 cm³/mol. The largest absolute Gasteiger partial charge is 0.461 e. The maximum Gasteiger partial charge on any atom is 0.319 e. The topological polar surface area (TPSA) is 66.4 Å². The highest BCUT2D eigenvalue weighted by Gasteiger charge is 2.48. The van der Waals surface area contributed by atoms with Crippen LogP contribution < -0.4 is 10.1 Å². The minimum atomic E-state index is -0.253. The normalized spacial score (nSPS) is 23.4. The second kappa shape index (κ2) is 10.7. The zero-order valence-corrected chi connectivity index (χ0v) is 25.9. The molecule has 2 aromatic carbocycles. The van der Waals surface area contributed by atoms with E-state index in [9.17, 15) is 0 Å². The number of hydrogen-bond donors (Lipinski definition) is 1. The number of hydrogen-bond acceptors (Lipinski definition) is 7. The Morgan fingerprint density at radius 1 is 1.12 bits per heavy atom. The van der Waals surface area contributed by atoms with Gasteiger partial charge in [-0.05, 0) is 83.2 Å². The number of anilines is 1. The summed E-state index contributed by atoms with van der Waals surface area (Å²) in [6, 6.07) is 11.4. The van der Waals surface area contributed by atoms with E-state index in [1.54, 1.807) is 6.07 Å². The first-order valence-corrected chi connectivity index (χ1v) is 15.9. The standard InChI is InChI=1S/C33H40FN6OP/c1-21-28(24-10-4-8-22-9-5-11-26(34)27(22)24)35-17-25-29(21)37-31(38-30(25)36-19-32(39(2)3)12-6-13-32)41-20-33-14-7-15-40(33)18-23(42)16-33/h4-5,8-11,17,23H,6-7,12-16,18-20,42H2,1-3H3,(H,36,37,38)/t23-,33+/m1/s1. The van der Waals surface area contributed by atoms with E-state index in [-0.39, 0.29) is 16.9 Å². The van der Waals surface area contributed by atoms with Gasteiger partial charge in [-0.1, -0.05) is 30.3 Å². The van der Waals surface area contributed by atoms with Crippen LogP contribution in [-0.2, 0) is 0 Å². The number of aryl methyl sites for hydroxylation is 1. The van der Waals surface area contributed by atoms with Crippen LogP contribution in [-0.4, -0.2) is 81.8 Å². The third-order valence-corrected chi connectivity index (χ3v) is 10.6. The summed E-state index contributed by atoms with van der Waals surface area (Å²) in [6.45, 7) is 5.61. The molecule has 0 amide bonds. The van der Waals surface area contributed by atoms with Gasteiger partial charge in [0.2, 0.25) is 0 Å². The molecule has 1 saturated carbocycles. The van der Waals surface area contributed by atoms with E-state index >= 15 is 4.39 Å². The number of nitrogens with zero attached hydrogens (tertiary/aromatic N) is 5. The number of pyridine rings is 1. The fraction of sp³-hybridized carbons (Fsp3) is 0.485. The monoisotopic (exact) mass is 586 g/mol. The lowest BCUT2D eigenvalue weighted by molar-refractivity contribution is 0.0738. The fourth-order valence-corrected chi connectivity index (χ4v) is 8.23. The summed E-state index contributed by atoms with van der Waals surface area (Å²) in [5, 5.41) is 5.94. The number of likely N-dealkylation sites (N-methyl/N-ethyl adjacent to an activating group) is 1. The molecule has 3 fully saturated rings. The van der Waals surface area contributed by atoms with E-state index in [1.165, 1.54) is 18.9 Å². The van der Waals surface area contributed by atoms with Gasteiger partial charge in [-0.2, -0.15) is 9.97 Å². The second-order valence-corrected chi connectivity index (χ2v) is 13.8. The minimum absolute atomic E-state index is 0.0537. The second-order valence-electron chi connectivity index (χ2n) is 12.8. The highest BCUT2D eigenvalue weighted by Crippen LogP contribution is 2.42. The summed E-state index contributed by atoms with van der Waals surface area (Å²) in [5.41, 5.74) is 3.91. The molecule has 7 rings (SSSR count). The van der Waals surface area contributed by atoms with Crippen LogP contribution in [0.5, 0.6) is 6.01 Å². The Morgan fingerprint density at radius 3 is 2.69 bits per heavy atom. The third kappa shape index (κ3) is 4.63. The van der Waals surface area contributed by atoms with E-state index in [4.69, 9.17) is 19.7 Å². The van der Waals surface area contributed by atoms with Gasteiger partial charge in [-0.3, -0.25) is 9.88 Å². The summed E-state index contributed by atoms with van der Waals surface area (Å²) in [4.78, 5) is 19.7. The van der Waals surface area contributed by atoms with E-state index in [2.05, 4.69) is 38.5 Å². The van der Waals surface area contributed by atoms with Gasteiger partial charge in [-0.15, -0.1) is 9.24 Å². The number of halogens is 1. The Balaban J connectivity index is 1.30. The van der Waals surface area contributed by atoms with Crippen molar-refractivity contribution in [3.05, 3.63) is 54.0 Å². The van der Waals surface area contributed by atoms with E-state index in [0.717, 1.165) is 84.2 Å². The van der Waals surface area contributed by atoms with Crippen LogP contribution in [0.4, 0.5) is 10.2 Å². The van der Waals surface area contributed by atoms with Crippen molar-refractivity contribution in [3.63, 3.8) is 0 Å². The number of aromatic nitrogens is 3. The van der Waals surface area contributed by atoms with Gasteiger partial charge in [-0.25, -0.2) is 4.39 Å². The Kier molecular flexibility index (Phi) is 7.07. The zero-order chi connectivity index (χ0) is 29.1. The van der Waals surface area contributed by atoms with Crippen LogP contribution in [0.3, 0.4) is 0 Å². The maximum atomic E-state index is 15.1. The average Bonchev–Trinajstić information content (AvgIpc) is 3.47. The molecule has 2 aliphatic heterocycles. The molecule has 0 radical (unpaired) electrons. The Bertz CT molecular complexity index is 1650. The van der Waals surface area contributed by atoms with E-state index in [1.807, 2.05) is 37.4 Å². The molecule has 220 valence electrons. The molecule has 9 heteroatoms. The molecule has 42 heavy (non-hydrogen) atoms. The molecule has 4 aromatic rings. The van der Waals surface area contributed by atoms with Crippen molar-refractivity contribution in [2.75, 3.05) is 45.7 Å². The zero-order valence-electron chi connectivity index (χ0n) is 24.8. The van der Waals surface area contributed by atoms with Crippen LogP contribution in [0.2, 0.25) is 0 Å². The van der Waals surface area contributed by atoms with Crippen molar-refractivity contribution in [2.24, 2.45) is 0 Å². The SMILES string of the molecule is Cc1c(-c2cccc3cccc(F)c23)ncc2c(NCC3(N(C)C)CCC3)nc(OC[C@@]34CCCN3C[C@H](P)C4)nc12. The molecule has 3 aliphatic rings. The highest BCUT2D eigenvalue weighted by molar-refractivity contribution is 7.17. The number of fused-ring (bicyclic) bond motifs is 3. The third-order valence-electron chi connectivity index (χ3n) is 10.2. The van der Waals surface area contributed by atoms with Crippen molar-refractivity contribution >= 4 is 36.7 Å². The van der Waals surface area contributed by atoms with Crippen molar-refractivity contribution < 1.29 is 9.13 Å². The predicted octanol–water partition coefficient (Wildman–Crippen LogP) is 6.05. The van der Waals surface area contributed by atoms with Crippen LogP contribution >= 0.6 is 9.24 Å². The molecule has 2 saturated heterocycles. The minimum Gasteiger partial charge on any atom is -0.461 e.